The fourth-order valence-electron chi connectivity index (χ4n) is 3.25. The third kappa shape index (κ3) is 3.78. The molecule has 27 heavy (non-hydrogen) atoms. The lowest BCUT2D eigenvalue weighted by Gasteiger charge is -2.23. The molecule has 0 aliphatic carbocycles. The molecular weight excluding hydrogens is 349 g/mol. The highest BCUT2D eigenvalue weighted by Crippen LogP contribution is 2.30. The number of hydrogen-bond donors (Lipinski definition) is 2. The van der Waals surface area contributed by atoms with Crippen molar-refractivity contribution >= 4 is 11.9 Å². The lowest BCUT2D eigenvalue weighted by atomic mass is 9.92. The molecule has 0 bridgehead atoms. The fourth-order valence-corrected chi connectivity index (χ4v) is 3.25. The number of carbonyl (C=O) groups excluding carboxylic acids is 2. The predicted octanol–water partition coefficient (Wildman–Crippen LogP) is 1.27. The van der Waals surface area contributed by atoms with E-state index in [2.05, 4.69) is 5.32 Å². The second-order valence-electron chi connectivity index (χ2n) is 6.94. The topological polar surface area (TPSA) is 63.1 Å². The third-order valence-electron chi connectivity index (χ3n) is 4.77. The summed E-state index contributed by atoms with van der Waals surface area (Å²) in [7, 11) is 3.43. The minimum Gasteiger partial charge on any atom is -0.497 e. The number of urea groups is 1. The maximum atomic E-state index is 13.0. The van der Waals surface area contributed by atoms with Gasteiger partial charge in [-0.2, -0.15) is 0 Å². The third-order valence-corrected chi connectivity index (χ3v) is 4.77. The van der Waals surface area contributed by atoms with Crippen molar-refractivity contribution in [1.82, 2.24) is 10.2 Å². The van der Waals surface area contributed by atoms with Crippen LogP contribution in [-0.4, -0.2) is 37.7 Å². The SMILES string of the molecule is COc1cccc([C@]2(C)NC(=O)N(C[NH+](C)Cc3ccc(F)cc3)C2=O)c1. The van der Waals surface area contributed by atoms with Gasteiger partial charge in [0, 0.05) is 5.56 Å². The van der Waals surface area contributed by atoms with Crippen molar-refractivity contribution in [1.29, 1.82) is 0 Å². The normalized spacial score (nSPS) is 20.5. The molecule has 0 aromatic heterocycles. The Kier molecular flexibility index (Phi) is 5.14. The van der Waals surface area contributed by atoms with Crippen LogP contribution in [-0.2, 0) is 16.9 Å². The average molecular weight is 372 g/mol. The van der Waals surface area contributed by atoms with Crippen molar-refractivity contribution in [3.05, 3.63) is 65.5 Å². The molecule has 2 aromatic carbocycles. The lowest BCUT2D eigenvalue weighted by molar-refractivity contribution is -0.901. The molecule has 1 aliphatic rings. The molecule has 2 N–H and O–H groups in total. The van der Waals surface area contributed by atoms with Crippen LogP contribution >= 0.6 is 0 Å². The highest BCUT2D eigenvalue weighted by Gasteiger charge is 2.50. The molecule has 3 rings (SSSR count). The summed E-state index contributed by atoms with van der Waals surface area (Å²) in [6, 6.07) is 12.9. The van der Waals surface area contributed by atoms with Crippen LogP contribution in [0.15, 0.2) is 48.5 Å². The van der Waals surface area contributed by atoms with Gasteiger partial charge in [0.15, 0.2) is 6.67 Å². The molecule has 2 atom stereocenters. The number of carbonyl (C=O) groups is 2. The van der Waals surface area contributed by atoms with Crippen molar-refractivity contribution < 1.29 is 23.6 Å². The number of nitrogens with zero attached hydrogens (tertiary/aromatic N) is 1. The van der Waals surface area contributed by atoms with Crippen LogP contribution < -0.4 is 15.0 Å². The van der Waals surface area contributed by atoms with Gasteiger partial charge in [-0.25, -0.2) is 14.1 Å². The Morgan fingerprint density at radius 1 is 1.19 bits per heavy atom. The zero-order chi connectivity index (χ0) is 19.6. The molecule has 1 unspecified atom stereocenters. The Hall–Kier alpha value is -2.93. The second-order valence-corrected chi connectivity index (χ2v) is 6.94. The Balaban J connectivity index is 1.74. The van der Waals surface area contributed by atoms with Gasteiger partial charge in [0.1, 0.15) is 23.7 Å². The van der Waals surface area contributed by atoms with Gasteiger partial charge in [0.2, 0.25) is 0 Å². The minimum absolute atomic E-state index is 0.210. The number of benzene rings is 2. The standard InChI is InChI=1S/C20H22FN3O3/c1-20(15-5-4-6-17(11-15)27-3)18(25)24(19(26)22-20)13-23(2)12-14-7-9-16(21)10-8-14/h4-11H,12-13H2,1-3H3,(H,22,26)/p+1/t20-/m0/s1. The van der Waals surface area contributed by atoms with Crippen molar-refractivity contribution in [2.75, 3.05) is 20.8 Å². The Bertz CT molecular complexity index is 856. The molecule has 0 spiro atoms. The molecule has 1 fully saturated rings. The number of nitrogens with one attached hydrogen (secondary N) is 2. The molecule has 7 heteroatoms. The van der Waals surface area contributed by atoms with Gasteiger partial charge in [-0.15, -0.1) is 0 Å². The van der Waals surface area contributed by atoms with E-state index < -0.39 is 11.6 Å². The Morgan fingerprint density at radius 3 is 2.56 bits per heavy atom. The first-order valence-electron chi connectivity index (χ1n) is 8.68. The number of methoxy groups -OCH3 is 1. The first kappa shape index (κ1) is 18.8. The lowest BCUT2D eigenvalue weighted by Crippen LogP contribution is -3.09. The van der Waals surface area contributed by atoms with Crippen molar-refractivity contribution in [2.24, 2.45) is 0 Å². The number of ether oxygens (including phenoxy) is 1. The predicted molar refractivity (Wildman–Crippen MR) is 97.6 cm³/mol. The first-order chi connectivity index (χ1) is 12.8. The van der Waals surface area contributed by atoms with E-state index in [9.17, 15) is 14.0 Å². The number of hydrogen-bond acceptors (Lipinski definition) is 3. The molecule has 0 saturated carbocycles. The van der Waals surface area contributed by atoms with Crippen molar-refractivity contribution in [2.45, 2.75) is 19.0 Å². The average Bonchev–Trinajstić information content (AvgIpc) is 2.88. The summed E-state index contributed by atoms with van der Waals surface area (Å²) in [5.74, 6) is 0.0204. The summed E-state index contributed by atoms with van der Waals surface area (Å²) < 4.78 is 18.3. The monoisotopic (exact) mass is 372 g/mol. The van der Waals surface area contributed by atoms with E-state index in [1.165, 1.54) is 17.0 Å². The van der Waals surface area contributed by atoms with Crippen LogP contribution in [0, 0.1) is 5.82 Å². The van der Waals surface area contributed by atoms with Crippen LogP contribution in [0.1, 0.15) is 18.1 Å². The molecular formula is C20H23FN3O3+. The van der Waals surface area contributed by atoms with E-state index in [0.717, 1.165) is 10.5 Å². The number of halogens is 1. The first-order valence-corrected chi connectivity index (χ1v) is 8.68. The van der Waals surface area contributed by atoms with Crippen LogP contribution in [0.4, 0.5) is 9.18 Å². The number of quaternary nitrogens is 1. The van der Waals surface area contributed by atoms with Crippen LogP contribution in [0.5, 0.6) is 5.75 Å². The van der Waals surface area contributed by atoms with Gasteiger partial charge in [-0.05, 0) is 36.8 Å². The van der Waals surface area contributed by atoms with Crippen LogP contribution in [0.3, 0.4) is 0 Å². The molecule has 142 valence electrons. The van der Waals surface area contributed by atoms with Crippen LogP contribution in [0.25, 0.3) is 0 Å². The molecule has 2 aromatic rings. The van der Waals surface area contributed by atoms with Gasteiger partial charge in [-0.3, -0.25) is 4.79 Å². The summed E-state index contributed by atoms with van der Waals surface area (Å²) in [6.07, 6.45) is 0. The van der Waals surface area contributed by atoms with Gasteiger partial charge in [-0.1, -0.05) is 24.3 Å². The molecule has 1 saturated heterocycles. The number of imide groups is 1. The van der Waals surface area contributed by atoms with Gasteiger partial charge < -0.3 is 15.0 Å². The zero-order valence-electron chi connectivity index (χ0n) is 15.6. The minimum atomic E-state index is -1.14. The maximum absolute atomic E-state index is 13.0. The number of rotatable bonds is 6. The van der Waals surface area contributed by atoms with E-state index in [1.54, 1.807) is 50.4 Å². The smallest absolute Gasteiger partial charge is 0.329 e. The van der Waals surface area contributed by atoms with Gasteiger partial charge in [0.05, 0.1) is 14.2 Å². The Morgan fingerprint density at radius 2 is 1.89 bits per heavy atom. The Labute approximate surface area is 157 Å². The molecule has 3 amide bonds. The fraction of sp³-hybridized carbons (Fsp3) is 0.300. The van der Waals surface area contributed by atoms with E-state index in [4.69, 9.17) is 4.74 Å². The highest BCUT2D eigenvalue weighted by molar-refractivity contribution is 6.07. The van der Waals surface area contributed by atoms with Gasteiger partial charge in [0.25, 0.3) is 5.91 Å². The van der Waals surface area contributed by atoms with Gasteiger partial charge >= 0.3 is 6.03 Å². The summed E-state index contributed by atoms with van der Waals surface area (Å²) in [6.45, 7) is 2.46. The maximum Gasteiger partial charge on any atom is 0.329 e. The van der Waals surface area contributed by atoms with Crippen molar-refractivity contribution in [3.8, 4) is 5.75 Å². The summed E-state index contributed by atoms with van der Waals surface area (Å²) in [5.41, 5.74) is 0.456. The summed E-state index contributed by atoms with van der Waals surface area (Å²) in [5, 5.41) is 2.79. The molecule has 1 aliphatic heterocycles. The molecule has 1 heterocycles. The largest absolute Gasteiger partial charge is 0.497 e. The van der Waals surface area contributed by atoms with E-state index in [-0.39, 0.29) is 18.4 Å². The van der Waals surface area contributed by atoms with E-state index in [0.29, 0.717) is 17.9 Å². The van der Waals surface area contributed by atoms with Crippen molar-refractivity contribution in [3.63, 3.8) is 0 Å². The van der Waals surface area contributed by atoms with Crippen LogP contribution in [0.2, 0.25) is 0 Å². The summed E-state index contributed by atoms with van der Waals surface area (Å²) >= 11 is 0. The number of amides is 3. The quantitative estimate of drug-likeness (QED) is 0.751. The summed E-state index contributed by atoms with van der Waals surface area (Å²) in [4.78, 5) is 27.6. The van der Waals surface area contributed by atoms with E-state index in [1.807, 2.05) is 7.05 Å². The van der Waals surface area contributed by atoms with E-state index >= 15 is 0 Å². The zero-order valence-corrected chi connectivity index (χ0v) is 15.6. The second kappa shape index (κ2) is 7.36. The molecule has 6 nitrogen and oxygen atoms in total. The highest BCUT2D eigenvalue weighted by atomic mass is 19.1. The molecule has 0 radical (unpaired) electrons.